The van der Waals surface area contributed by atoms with Crippen LogP contribution in [-0.2, 0) is 0 Å². The van der Waals surface area contributed by atoms with Gasteiger partial charge in [0.1, 0.15) is 5.75 Å². The van der Waals surface area contributed by atoms with E-state index in [2.05, 4.69) is 20.4 Å². The van der Waals surface area contributed by atoms with Gasteiger partial charge in [-0.1, -0.05) is 24.3 Å². The van der Waals surface area contributed by atoms with Gasteiger partial charge in [0.05, 0.1) is 18.5 Å². The average molecular weight is 308 g/mol. The number of H-pyrrole nitrogens is 2. The third kappa shape index (κ3) is 3.21. The zero-order valence-corrected chi connectivity index (χ0v) is 12.8. The van der Waals surface area contributed by atoms with Crippen molar-refractivity contribution >= 4 is 11.4 Å². The maximum atomic E-state index is 12.0. The predicted octanol–water partition coefficient (Wildman–Crippen LogP) is 4.10. The lowest BCUT2D eigenvalue weighted by Gasteiger charge is -2.02. The lowest BCUT2D eigenvalue weighted by atomic mass is 10.1. The lowest BCUT2D eigenvalue weighted by molar-refractivity contribution is 0.415. The minimum absolute atomic E-state index is 0.236. The Labute approximate surface area is 132 Å². The number of rotatable bonds is 4. The molecule has 0 atom stereocenters. The van der Waals surface area contributed by atoms with Crippen molar-refractivity contribution < 1.29 is 4.74 Å². The van der Waals surface area contributed by atoms with E-state index in [1.54, 1.807) is 7.11 Å². The highest BCUT2D eigenvalue weighted by atomic mass is 16.5. The van der Waals surface area contributed by atoms with E-state index >= 15 is 0 Å². The summed E-state index contributed by atoms with van der Waals surface area (Å²) in [6, 6.07) is 15.0. The summed E-state index contributed by atoms with van der Waals surface area (Å²) >= 11 is 0. The second-order valence-corrected chi connectivity index (χ2v) is 5.07. The molecule has 0 fully saturated rings. The number of ether oxygens (including phenoxy) is 1. The SMILES string of the molecule is COc1cccc(-c2[nH][nH]c(=O)c2N=Nc2cccc(C)c2)c1. The Bertz CT molecular complexity index is 909. The fourth-order valence-corrected chi connectivity index (χ4v) is 2.23. The predicted molar refractivity (Wildman–Crippen MR) is 88.8 cm³/mol. The zero-order chi connectivity index (χ0) is 16.2. The molecule has 1 aromatic heterocycles. The van der Waals surface area contributed by atoms with Gasteiger partial charge in [-0.25, -0.2) is 0 Å². The van der Waals surface area contributed by atoms with E-state index in [0.717, 1.165) is 11.1 Å². The Balaban J connectivity index is 2.00. The van der Waals surface area contributed by atoms with Crippen LogP contribution in [0.2, 0.25) is 0 Å². The van der Waals surface area contributed by atoms with Crippen LogP contribution in [0.5, 0.6) is 5.75 Å². The third-order valence-corrected chi connectivity index (χ3v) is 3.38. The van der Waals surface area contributed by atoms with Crippen LogP contribution < -0.4 is 10.3 Å². The van der Waals surface area contributed by atoms with Crippen LogP contribution in [0.4, 0.5) is 11.4 Å². The van der Waals surface area contributed by atoms with Gasteiger partial charge in [0.2, 0.25) is 0 Å². The maximum Gasteiger partial charge on any atom is 0.292 e. The van der Waals surface area contributed by atoms with Crippen LogP contribution in [-0.4, -0.2) is 17.3 Å². The molecule has 0 amide bonds. The highest BCUT2D eigenvalue weighted by Gasteiger charge is 2.12. The molecule has 0 aliphatic heterocycles. The van der Waals surface area contributed by atoms with Gasteiger partial charge in [0.15, 0.2) is 5.69 Å². The summed E-state index contributed by atoms with van der Waals surface area (Å²) in [7, 11) is 1.59. The van der Waals surface area contributed by atoms with Crippen molar-refractivity contribution in [2.75, 3.05) is 7.11 Å². The zero-order valence-electron chi connectivity index (χ0n) is 12.8. The normalized spacial score (nSPS) is 11.0. The van der Waals surface area contributed by atoms with Gasteiger partial charge in [-0.05, 0) is 36.8 Å². The van der Waals surface area contributed by atoms with Gasteiger partial charge in [0.25, 0.3) is 5.56 Å². The average Bonchev–Trinajstić information content (AvgIpc) is 2.94. The van der Waals surface area contributed by atoms with Crippen LogP contribution in [0.1, 0.15) is 5.56 Å². The largest absolute Gasteiger partial charge is 0.497 e. The van der Waals surface area contributed by atoms with Crippen molar-refractivity contribution in [2.24, 2.45) is 10.2 Å². The molecule has 0 aliphatic carbocycles. The van der Waals surface area contributed by atoms with Gasteiger partial charge >= 0.3 is 0 Å². The summed E-state index contributed by atoms with van der Waals surface area (Å²) < 4.78 is 5.21. The molecular formula is C17H16N4O2. The van der Waals surface area contributed by atoms with Crippen molar-refractivity contribution in [3.05, 3.63) is 64.4 Å². The Morgan fingerprint density at radius 3 is 2.61 bits per heavy atom. The van der Waals surface area contributed by atoms with Crippen molar-refractivity contribution in [2.45, 2.75) is 6.92 Å². The second kappa shape index (κ2) is 6.31. The molecule has 3 aromatic rings. The first-order valence-electron chi connectivity index (χ1n) is 7.11. The van der Waals surface area contributed by atoms with Gasteiger partial charge in [-0.2, -0.15) is 5.11 Å². The summed E-state index contributed by atoms with van der Waals surface area (Å²) in [6.45, 7) is 1.98. The smallest absolute Gasteiger partial charge is 0.292 e. The standard InChI is InChI=1S/C17H16N4O2/c1-11-5-3-7-13(9-11)18-20-16-15(19-21-17(16)22)12-6-4-8-14(10-12)23-2/h3-10H,1-2H3,(H2,19,21,22). The van der Waals surface area contributed by atoms with E-state index < -0.39 is 0 Å². The molecule has 0 spiro atoms. The van der Waals surface area contributed by atoms with Crippen LogP contribution in [0.3, 0.4) is 0 Å². The number of methoxy groups -OCH3 is 1. The molecule has 0 unspecified atom stereocenters. The van der Waals surface area contributed by atoms with Crippen molar-refractivity contribution in [3.8, 4) is 17.0 Å². The fourth-order valence-electron chi connectivity index (χ4n) is 2.23. The molecule has 116 valence electrons. The Hall–Kier alpha value is -3.15. The van der Waals surface area contributed by atoms with E-state index in [9.17, 15) is 4.79 Å². The van der Waals surface area contributed by atoms with Gasteiger partial charge in [-0.3, -0.25) is 15.0 Å². The monoisotopic (exact) mass is 308 g/mol. The number of hydrogen-bond acceptors (Lipinski definition) is 4. The number of hydrogen-bond donors (Lipinski definition) is 2. The number of nitrogens with one attached hydrogen (secondary N) is 2. The first-order valence-corrected chi connectivity index (χ1v) is 7.11. The van der Waals surface area contributed by atoms with Crippen molar-refractivity contribution in [1.29, 1.82) is 0 Å². The molecule has 1 heterocycles. The topological polar surface area (TPSA) is 82.6 Å². The van der Waals surface area contributed by atoms with Crippen molar-refractivity contribution in [1.82, 2.24) is 10.2 Å². The number of aryl methyl sites for hydroxylation is 1. The third-order valence-electron chi connectivity index (χ3n) is 3.38. The summed E-state index contributed by atoms with van der Waals surface area (Å²) in [5.41, 5.74) is 3.06. The van der Waals surface area contributed by atoms with E-state index in [1.165, 1.54) is 0 Å². The molecule has 6 nitrogen and oxygen atoms in total. The first kappa shape index (κ1) is 14.8. The first-order chi connectivity index (χ1) is 11.2. The summed E-state index contributed by atoms with van der Waals surface area (Å²) in [5, 5.41) is 13.7. The molecular weight excluding hydrogens is 292 g/mol. The van der Waals surface area contributed by atoms with E-state index in [-0.39, 0.29) is 11.2 Å². The molecule has 0 saturated carbocycles. The number of benzene rings is 2. The number of azo groups is 1. The highest BCUT2D eigenvalue weighted by molar-refractivity contribution is 5.72. The minimum atomic E-state index is -0.320. The van der Waals surface area contributed by atoms with Crippen LogP contribution in [0.25, 0.3) is 11.3 Å². The maximum absolute atomic E-state index is 12.0. The summed E-state index contributed by atoms with van der Waals surface area (Å²) in [4.78, 5) is 12.0. The molecule has 23 heavy (non-hydrogen) atoms. The lowest BCUT2D eigenvalue weighted by Crippen LogP contribution is -1.96. The second-order valence-electron chi connectivity index (χ2n) is 5.07. The van der Waals surface area contributed by atoms with Crippen molar-refractivity contribution in [3.63, 3.8) is 0 Å². The van der Waals surface area contributed by atoms with Gasteiger partial charge in [0, 0.05) is 5.56 Å². The van der Waals surface area contributed by atoms with Gasteiger partial charge in [-0.15, -0.1) is 5.11 Å². The van der Waals surface area contributed by atoms with E-state index in [1.807, 2.05) is 55.5 Å². The number of aromatic amines is 2. The quantitative estimate of drug-likeness (QED) is 0.711. The molecule has 0 saturated heterocycles. The van der Waals surface area contributed by atoms with Crippen LogP contribution in [0, 0.1) is 6.92 Å². The van der Waals surface area contributed by atoms with Crippen LogP contribution in [0.15, 0.2) is 63.6 Å². The van der Waals surface area contributed by atoms with Crippen LogP contribution >= 0.6 is 0 Å². The molecule has 2 N–H and O–H groups in total. The molecule has 3 rings (SSSR count). The molecule has 0 aliphatic rings. The number of aromatic nitrogens is 2. The number of nitrogens with zero attached hydrogens (tertiary/aromatic N) is 2. The highest BCUT2D eigenvalue weighted by Crippen LogP contribution is 2.28. The minimum Gasteiger partial charge on any atom is -0.497 e. The Morgan fingerprint density at radius 2 is 1.83 bits per heavy atom. The van der Waals surface area contributed by atoms with Gasteiger partial charge < -0.3 is 4.74 Å². The molecule has 2 aromatic carbocycles. The molecule has 0 radical (unpaired) electrons. The van der Waals surface area contributed by atoms with E-state index in [4.69, 9.17) is 4.74 Å². The Kier molecular flexibility index (Phi) is 4.05. The Morgan fingerprint density at radius 1 is 1.00 bits per heavy atom. The molecule has 6 heteroatoms. The summed E-state index contributed by atoms with van der Waals surface area (Å²) in [6.07, 6.45) is 0. The summed E-state index contributed by atoms with van der Waals surface area (Å²) in [5.74, 6) is 0.700. The fraction of sp³-hybridized carbons (Fsp3) is 0.118. The van der Waals surface area contributed by atoms with E-state index in [0.29, 0.717) is 17.1 Å². The molecule has 0 bridgehead atoms.